The van der Waals surface area contributed by atoms with Gasteiger partial charge in [0.15, 0.2) is 0 Å². The molecule has 1 aliphatic carbocycles. The Kier molecular flexibility index (Phi) is 3.33. The van der Waals surface area contributed by atoms with E-state index in [-0.39, 0.29) is 5.60 Å². The fourth-order valence-corrected chi connectivity index (χ4v) is 3.65. The molecule has 0 spiro atoms. The van der Waals surface area contributed by atoms with Crippen molar-refractivity contribution in [1.82, 2.24) is 0 Å². The fraction of sp³-hybridized carbons (Fsp3) is 1.00. The van der Waals surface area contributed by atoms with Gasteiger partial charge in [0.2, 0.25) is 0 Å². The van der Waals surface area contributed by atoms with E-state index in [1.807, 2.05) is 0 Å². The van der Waals surface area contributed by atoms with Gasteiger partial charge in [-0.05, 0) is 44.9 Å². The van der Waals surface area contributed by atoms with Crippen LogP contribution >= 0.6 is 0 Å². The predicted molar refractivity (Wildman–Crippen MR) is 65.3 cm³/mol. The molecule has 2 fully saturated rings. The molecule has 94 valence electrons. The Morgan fingerprint density at radius 3 is 2.62 bits per heavy atom. The van der Waals surface area contributed by atoms with Gasteiger partial charge in [0.05, 0.1) is 17.8 Å². The SMILES string of the molecule is CC1CCCC(C2(O)CCOC(C)(C)C2)C1. The molecular weight excluding hydrogens is 200 g/mol. The molecule has 0 aromatic carbocycles. The molecule has 0 aromatic heterocycles. The van der Waals surface area contributed by atoms with Crippen LogP contribution in [0.1, 0.15) is 59.3 Å². The maximum atomic E-state index is 10.9. The summed E-state index contributed by atoms with van der Waals surface area (Å²) in [5, 5.41) is 10.9. The number of aliphatic hydroxyl groups is 1. The van der Waals surface area contributed by atoms with Crippen LogP contribution < -0.4 is 0 Å². The third-order valence-corrected chi connectivity index (χ3v) is 4.46. The number of ether oxygens (including phenoxy) is 1. The summed E-state index contributed by atoms with van der Waals surface area (Å²) in [5.74, 6) is 1.29. The molecule has 2 nitrogen and oxygen atoms in total. The van der Waals surface area contributed by atoms with E-state index >= 15 is 0 Å². The van der Waals surface area contributed by atoms with E-state index in [1.165, 1.54) is 25.7 Å². The van der Waals surface area contributed by atoms with Crippen molar-refractivity contribution in [3.63, 3.8) is 0 Å². The van der Waals surface area contributed by atoms with Crippen LogP contribution in [0.4, 0.5) is 0 Å². The zero-order chi connectivity index (χ0) is 11.8. The van der Waals surface area contributed by atoms with Gasteiger partial charge in [-0.1, -0.05) is 19.8 Å². The molecule has 0 amide bonds. The Morgan fingerprint density at radius 2 is 2.00 bits per heavy atom. The van der Waals surface area contributed by atoms with E-state index in [1.54, 1.807) is 0 Å². The summed E-state index contributed by atoms with van der Waals surface area (Å²) >= 11 is 0. The zero-order valence-electron chi connectivity index (χ0n) is 11.0. The lowest BCUT2D eigenvalue weighted by Gasteiger charge is -2.47. The molecule has 0 bridgehead atoms. The highest BCUT2D eigenvalue weighted by Gasteiger charge is 2.45. The van der Waals surface area contributed by atoms with E-state index in [2.05, 4.69) is 20.8 Å². The molecule has 1 saturated carbocycles. The molecule has 0 aromatic rings. The molecule has 2 rings (SSSR count). The van der Waals surface area contributed by atoms with Gasteiger partial charge in [0.25, 0.3) is 0 Å². The van der Waals surface area contributed by atoms with Crippen LogP contribution in [0.2, 0.25) is 0 Å². The minimum absolute atomic E-state index is 0.145. The molecule has 1 saturated heterocycles. The molecule has 1 heterocycles. The summed E-state index contributed by atoms with van der Waals surface area (Å²) in [6.07, 6.45) is 6.66. The maximum Gasteiger partial charge on any atom is 0.0725 e. The normalized spacial score (nSPS) is 44.2. The van der Waals surface area contributed by atoms with Crippen LogP contribution in [-0.4, -0.2) is 22.9 Å². The van der Waals surface area contributed by atoms with Gasteiger partial charge in [-0.25, -0.2) is 0 Å². The summed E-state index contributed by atoms with van der Waals surface area (Å²) in [4.78, 5) is 0. The Hall–Kier alpha value is -0.0800. The molecule has 3 unspecified atom stereocenters. The molecule has 2 aliphatic rings. The molecule has 1 N–H and O–H groups in total. The van der Waals surface area contributed by atoms with Crippen molar-refractivity contribution >= 4 is 0 Å². The predicted octanol–water partition coefficient (Wildman–Crippen LogP) is 3.13. The minimum atomic E-state index is -0.462. The number of rotatable bonds is 1. The number of hydrogen-bond donors (Lipinski definition) is 1. The van der Waals surface area contributed by atoms with Crippen LogP contribution in [0.15, 0.2) is 0 Å². The molecule has 1 aliphatic heterocycles. The first-order valence-electron chi connectivity index (χ1n) is 6.78. The molecule has 2 heteroatoms. The summed E-state index contributed by atoms with van der Waals surface area (Å²) in [6.45, 7) is 7.24. The second kappa shape index (κ2) is 4.30. The van der Waals surface area contributed by atoms with Crippen LogP contribution in [0.3, 0.4) is 0 Å². The summed E-state index contributed by atoms with van der Waals surface area (Å²) in [5.41, 5.74) is -0.607. The molecule has 16 heavy (non-hydrogen) atoms. The van der Waals surface area contributed by atoms with Crippen LogP contribution in [0.5, 0.6) is 0 Å². The average molecular weight is 226 g/mol. The third kappa shape index (κ3) is 2.60. The Labute approximate surface area is 99.4 Å². The summed E-state index contributed by atoms with van der Waals surface area (Å²) < 4.78 is 5.72. The first-order valence-corrected chi connectivity index (χ1v) is 6.78. The van der Waals surface area contributed by atoms with E-state index in [0.717, 1.165) is 18.8 Å². The van der Waals surface area contributed by atoms with Crippen molar-refractivity contribution < 1.29 is 9.84 Å². The van der Waals surface area contributed by atoms with Crippen molar-refractivity contribution in [2.75, 3.05) is 6.61 Å². The average Bonchev–Trinajstić information content (AvgIpc) is 2.15. The Bertz CT molecular complexity index is 249. The van der Waals surface area contributed by atoms with Gasteiger partial charge in [-0.2, -0.15) is 0 Å². The maximum absolute atomic E-state index is 10.9. The van der Waals surface area contributed by atoms with Gasteiger partial charge in [0.1, 0.15) is 0 Å². The standard InChI is InChI=1S/C14H26O2/c1-11-5-4-6-12(9-11)14(15)7-8-16-13(2,3)10-14/h11-12,15H,4-10H2,1-3H3. The number of hydrogen-bond acceptors (Lipinski definition) is 2. The second-order valence-electron chi connectivity index (χ2n) is 6.61. The molecule has 0 radical (unpaired) electrons. The van der Waals surface area contributed by atoms with E-state index < -0.39 is 5.60 Å². The summed E-state index contributed by atoms with van der Waals surface area (Å²) in [6, 6.07) is 0. The minimum Gasteiger partial charge on any atom is -0.389 e. The fourth-order valence-electron chi connectivity index (χ4n) is 3.65. The van der Waals surface area contributed by atoms with Crippen molar-refractivity contribution in [3.8, 4) is 0 Å². The van der Waals surface area contributed by atoms with Crippen LogP contribution in [0, 0.1) is 11.8 Å². The zero-order valence-corrected chi connectivity index (χ0v) is 11.0. The smallest absolute Gasteiger partial charge is 0.0725 e. The largest absolute Gasteiger partial charge is 0.389 e. The second-order valence-corrected chi connectivity index (χ2v) is 6.61. The lowest BCUT2D eigenvalue weighted by Crippen LogP contribution is -2.51. The van der Waals surface area contributed by atoms with E-state index in [9.17, 15) is 5.11 Å². The lowest BCUT2D eigenvalue weighted by molar-refractivity contribution is -0.172. The van der Waals surface area contributed by atoms with Crippen molar-refractivity contribution in [1.29, 1.82) is 0 Å². The van der Waals surface area contributed by atoms with Gasteiger partial charge in [0, 0.05) is 6.42 Å². The Balaban J connectivity index is 2.05. The van der Waals surface area contributed by atoms with Crippen molar-refractivity contribution in [3.05, 3.63) is 0 Å². The van der Waals surface area contributed by atoms with Crippen LogP contribution in [0.25, 0.3) is 0 Å². The van der Waals surface area contributed by atoms with Crippen molar-refractivity contribution in [2.24, 2.45) is 11.8 Å². The Morgan fingerprint density at radius 1 is 1.25 bits per heavy atom. The third-order valence-electron chi connectivity index (χ3n) is 4.46. The first-order chi connectivity index (χ1) is 7.41. The topological polar surface area (TPSA) is 29.5 Å². The quantitative estimate of drug-likeness (QED) is 0.744. The highest BCUT2D eigenvalue weighted by atomic mass is 16.5. The van der Waals surface area contributed by atoms with E-state index in [0.29, 0.717) is 12.5 Å². The monoisotopic (exact) mass is 226 g/mol. The van der Waals surface area contributed by atoms with E-state index in [4.69, 9.17) is 4.74 Å². The van der Waals surface area contributed by atoms with Gasteiger partial charge < -0.3 is 9.84 Å². The molecular formula is C14H26O2. The van der Waals surface area contributed by atoms with Gasteiger partial charge >= 0.3 is 0 Å². The van der Waals surface area contributed by atoms with Crippen LogP contribution in [-0.2, 0) is 4.74 Å². The molecule has 3 atom stereocenters. The first kappa shape index (κ1) is 12.4. The van der Waals surface area contributed by atoms with Gasteiger partial charge in [-0.15, -0.1) is 0 Å². The highest BCUT2D eigenvalue weighted by Crippen LogP contribution is 2.44. The van der Waals surface area contributed by atoms with Gasteiger partial charge in [-0.3, -0.25) is 0 Å². The summed E-state index contributed by atoms with van der Waals surface area (Å²) in [7, 11) is 0. The lowest BCUT2D eigenvalue weighted by atomic mass is 9.68. The highest BCUT2D eigenvalue weighted by molar-refractivity contribution is 4.96. The van der Waals surface area contributed by atoms with Crippen molar-refractivity contribution in [2.45, 2.75) is 70.5 Å².